The Morgan fingerprint density at radius 3 is 1.87 bits per heavy atom. The molecule has 2 aromatic rings. The van der Waals surface area contributed by atoms with Gasteiger partial charge < -0.3 is 50.4 Å². The Labute approximate surface area is 463 Å². The second-order valence-electron chi connectivity index (χ2n) is 25.2. The molecule has 4 fully saturated rings. The van der Waals surface area contributed by atoms with Crippen LogP contribution in [0.4, 0.5) is 9.59 Å². The minimum atomic E-state index is -1.20. The summed E-state index contributed by atoms with van der Waals surface area (Å²) in [5, 5.41) is 8.99. The number of aromatic nitrogens is 5. The minimum absolute atomic E-state index is 0.00980. The van der Waals surface area contributed by atoms with Gasteiger partial charge in [-0.2, -0.15) is 9.97 Å². The number of fused-ring (bicyclic) bond motifs is 8. The number of nitrogens with two attached hydrogens (primary N) is 1. The fraction of sp³-hybridized carbons (Fsp3) is 0.702. The van der Waals surface area contributed by atoms with Crippen molar-refractivity contribution in [3.05, 3.63) is 46.4 Å². The van der Waals surface area contributed by atoms with E-state index in [0.29, 0.717) is 43.0 Å². The summed E-state index contributed by atoms with van der Waals surface area (Å²) >= 11 is 0. The van der Waals surface area contributed by atoms with E-state index in [1.54, 1.807) is 18.5 Å². The molecule has 0 unspecified atom stereocenters. The van der Waals surface area contributed by atoms with Gasteiger partial charge in [0.15, 0.2) is 29.0 Å². The van der Waals surface area contributed by atoms with Gasteiger partial charge in [-0.15, -0.1) is 0 Å². The van der Waals surface area contributed by atoms with Gasteiger partial charge in [-0.05, 0) is 96.4 Å². The van der Waals surface area contributed by atoms with E-state index in [4.69, 9.17) is 34.6 Å². The maximum Gasteiger partial charge on any atom is 0.408 e. The van der Waals surface area contributed by atoms with Crippen LogP contribution in [0.25, 0.3) is 12.2 Å². The lowest BCUT2D eigenvalue weighted by atomic mass is 9.83. The molecule has 2 saturated heterocycles. The number of nitrogens with one attached hydrogen (secondary N) is 3. The van der Waals surface area contributed by atoms with Crippen molar-refractivity contribution in [2.45, 2.75) is 201 Å². The standard InChI is InChI=1S/C57H83N11O11/c1-32-40-29-68(44(32)34(3)69)49(72)47(65-53(75)79-57(11)26-36(57)18-14-12-16-20-38-39(76-40)28-60-42(61-38)21-23-58)55(8,9)31-59-24-22-43-62-50(73)66-25-17-13-15-19-37-27-56(37,10)78-52(74)64-46(54(5,6)7)48(71)67-30-41(77-51(66)63-43)33(2)45(67)35(4)70/h21-24,28,32-33,36-37,40-41,44-47,59H,12-20,25-27,29-31,58H2,1-11H3,(H,64,74)(H,65,75)/t32-,33-,36-,37-,40+,41+,44+,45+,46-,47-,56-,57-/m1/s1. The maximum atomic E-state index is 15.1. The molecular weight excluding hydrogens is 1010 g/mol. The highest BCUT2D eigenvalue weighted by Crippen LogP contribution is 2.51. The number of ether oxygens (including phenoxy) is 4. The van der Waals surface area contributed by atoms with Gasteiger partial charge in [0.2, 0.25) is 11.8 Å². The molecule has 0 aromatic carbocycles. The maximum absolute atomic E-state index is 15.1. The fourth-order valence-corrected chi connectivity index (χ4v) is 12.3. The van der Waals surface area contributed by atoms with Crippen molar-refractivity contribution >= 4 is 47.7 Å². The number of amides is 4. The third-order valence-corrected chi connectivity index (χ3v) is 17.3. The third kappa shape index (κ3) is 13.2. The van der Waals surface area contributed by atoms with Gasteiger partial charge in [-0.25, -0.2) is 28.9 Å². The fourth-order valence-electron chi connectivity index (χ4n) is 12.3. The van der Waals surface area contributed by atoms with E-state index in [1.807, 2.05) is 62.3 Å². The highest BCUT2D eigenvalue weighted by Gasteiger charge is 2.56. The molecule has 4 aliphatic heterocycles. The first-order chi connectivity index (χ1) is 37.2. The van der Waals surface area contributed by atoms with Gasteiger partial charge in [0.25, 0.3) is 0 Å². The summed E-state index contributed by atoms with van der Waals surface area (Å²) < 4.78 is 26.6. The first kappa shape index (κ1) is 58.5. The molecule has 0 spiro atoms. The van der Waals surface area contributed by atoms with E-state index in [2.05, 4.69) is 25.9 Å². The van der Waals surface area contributed by atoms with Gasteiger partial charge in [0, 0.05) is 48.4 Å². The SMILES string of the molecule is CC(=O)[C@@H]1[C@H](C)[C@@H]2CN1C(=O)[C@H](C(C)(C)C)NC(=O)O[C@]1(C)C[C@H]1CCCCCn1c(nc(C=CNCC(C)(C)[C@@H]3NC(=O)O[C@]4(C)C[C@H]4CCCCCc4nc(C=CN)ncc4O[C@H]4CN(C3=O)[C@H](C(C)=O)[C@@H]4C)nc1=O)O2. The Morgan fingerprint density at radius 2 is 1.30 bits per heavy atom. The first-order valence-corrected chi connectivity index (χ1v) is 28.3. The lowest BCUT2D eigenvalue weighted by Gasteiger charge is -2.37. The predicted octanol–water partition coefficient (Wildman–Crippen LogP) is 5.49. The Bertz CT molecular complexity index is 2780. The van der Waals surface area contributed by atoms with E-state index in [-0.39, 0.29) is 61.4 Å². The van der Waals surface area contributed by atoms with Gasteiger partial charge in [0.1, 0.15) is 35.5 Å². The molecule has 4 bridgehead atoms. The molecule has 2 saturated carbocycles. The van der Waals surface area contributed by atoms with Gasteiger partial charge in [-0.3, -0.25) is 19.2 Å². The van der Waals surface area contributed by atoms with E-state index >= 15 is 4.79 Å². The zero-order chi connectivity index (χ0) is 57.4. The number of nitrogens with zero attached hydrogens (tertiary/aromatic N) is 7. The first-order valence-electron chi connectivity index (χ1n) is 28.3. The molecule has 432 valence electrons. The van der Waals surface area contributed by atoms with Crippen molar-refractivity contribution in [2.75, 3.05) is 19.6 Å². The lowest BCUT2D eigenvalue weighted by molar-refractivity contribution is -0.141. The van der Waals surface area contributed by atoms with Gasteiger partial charge >= 0.3 is 23.9 Å². The molecule has 22 heteroatoms. The van der Waals surface area contributed by atoms with E-state index in [1.165, 1.54) is 40.5 Å². The van der Waals surface area contributed by atoms with Gasteiger partial charge in [-0.1, -0.05) is 74.1 Å². The normalized spacial score (nSPS) is 32.2. The molecule has 6 aliphatic rings. The zero-order valence-electron chi connectivity index (χ0n) is 48.0. The second-order valence-corrected chi connectivity index (χ2v) is 25.2. The predicted molar refractivity (Wildman–Crippen MR) is 292 cm³/mol. The van der Waals surface area contributed by atoms with E-state index in [9.17, 15) is 28.8 Å². The van der Waals surface area contributed by atoms with Crippen molar-refractivity contribution < 1.29 is 47.7 Å². The number of alkyl carbamates (subject to hydrolysis) is 2. The quantitative estimate of drug-likeness (QED) is 0.254. The van der Waals surface area contributed by atoms with Crippen molar-refractivity contribution in [1.82, 2.24) is 50.3 Å². The van der Waals surface area contributed by atoms with Crippen LogP contribution in [0, 0.1) is 34.5 Å². The van der Waals surface area contributed by atoms with Crippen molar-refractivity contribution in [3.63, 3.8) is 0 Å². The van der Waals surface area contributed by atoms with Crippen LogP contribution in [0.1, 0.15) is 158 Å². The highest BCUT2D eigenvalue weighted by atomic mass is 16.6. The molecule has 12 atom stereocenters. The summed E-state index contributed by atoms with van der Waals surface area (Å²) in [4.78, 5) is 119. The molecular formula is C57H83N11O11. The summed E-state index contributed by atoms with van der Waals surface area (Å²) in [5.41, 5.74) is 2.62. The molecule has 22 nitrogen and oxygen atoms in total. The molecule has 8 rings (SSSR count). The topological polar surface area (TPSA) is 281 Å². The summed E-state index contributed by atoms with van der Waals surface area (Å²) in [7, 11) is 0. The van der Waals surface area contributed by atoms with Crippen molar-refractivity contribution in [1.29, 1.82) is 0 Å². The Kier molecular flexibility index (Phi) is 17.2. The van der Waals surface area contributed by atoms with Crippen molar-refractivity contribution in [2.24, 2.45) is 40.2 Å². The second kappa shape index (κ2) is 23.2. The van der Waals surface area contributed by atoms with Crippen LogP contribution < -0.4 is 36.8 Å². The molecule has 2 aromatic heterocycles. The zero-order valence-corrected chi connectivity index (χ0v) is 48.0. The molecule has 6 heterocycles. The van der Waals surface area contributed by atoms with Crippen LogP contribution in [-0.2, 0) is 41.6 Å². The van der Waals surface area contributed by atoms with Crippen LogP contribution >= 0.6 is 0 Å². The summed E-state index contributed by atoms with van der Waals surface area (Å²) in [5.74, 6) is -1.19. The van der Waals surface area contributed by atoms with Crippen LogP contribution in [0.5, 0.6) is 11.8 Å². The number of rotatable bonds is 8. The average Bonchev–Trinajstić information content (AvgIpc) is 4.34. The number of carbonyl (C=O) groups is 6. The summed E-state index contributed by atoms with van der Waals surface area (Å²) in [6.07, 6.45) is 13.4. The Balaban J connectivity index is 1.04. The highest BCUT2D eigenvalue weighted by molar-refractivity contribution is 5.94. The average molecular weight is 1100 g/mol. The van der Waals surface area contributed by atoms with Crippen LogP contribution in [0.2, 0.25) is 0 Å². The summed E-state index contributed by atoms with van der Waals surface area (Å²) in [6, 6.07) is -4.02. The Morgan fingerprint density at radius 1 is 0.747 bits per heavy atom. The van der Waals surface area contributed by atoms with E-state index < -0.39 is 99.9 Å². The van der Waals surface area contributed by atoms with E-state index in [0.717, 1.165) is 44.9 Å². The third-order valence-electron chi connectivity index (χ3n) is 17.3. The number of ketones is 2. The van der Waals surface area contributed by atoms with Crippen molar-refractivity contribution in [3.8, 4) is 11.8 Å². The largest absolute Gasteiger partial charge is 0.485 e. The molecule has 4 amide bonds. The number of Topliss-reactive ketones (excluding diaryl/α,β-unsaturated/α-hetero) is 2. The number of carbonyl (C=O) groups excluding carboxylic acids is 6. The molecule has 0 radical (unpaired) electrons. The van der Waals surface area contributed by atoms with Gasteiger partial charge in [0.05, 0.1) is 37.1 Å². The number of hydrogen-bond donors (Lipinski definition) is 4. The lowest BCUT2D eigenvalue weighted by Crippen LogP contribution is -2.59. The smallest absolute Gasteiger partial charge is 0.408 e. The van der Waals surface area contributed by atoms with Crippen LogP contribution in [0.15, 0.2) is 23.4 Å². The Hall–Kier alpha value is -6.61. The monoisotopic (exact) mass is 1100 g/mol. The van der Waals surface area contributed by atoms with Crippen LogP contribution in [-0.4, -0.2) is 137 Å². The summed E-state index contributed by atoms with van der Waals surface area (Å²) in [6.45, 7) is 19.9. The molecule has 79 heavy (non-hydrogen) atoms. The number of hydrogen-bond acceptors (Lipinski definition) is 17. The minimum Gasteiger partial charge on any atom is -0.485 e. The molecule has 2 aliphatic carbocycles. The van der Waals surface area contributed by atoms with Crippen LogP contribution in [0.3, 0.4) is 0 Å². The number of aryl methyl sites for hydroxylation is 1. The molecule has 5 N–H and O–H groups in total.